The van der Waals surface area contributed by atoms with Crippen molar-refractivity contribution in [3.63, 3.8) is 0 Å². The molecule has 0 spiro atoms. The molecule has 1 aliphatic carbocycles. The maximum Gasteiger partial charge on any atom is 0.237 e. The molecule has 1 amide bonds. The van der Waals surface area contributed by atoms with Crippen LogP contribution in [-0.4, -0.2) is 11.9 Å². The maximum atomic E-state index is 11.8. The zero-order valence-corrected chi connectivity index (χ0v) is 11.3. The van der Waals surface area contributed by atoms with Gasteiger partial charge in [-0.25, -0.2) is 0 Å². The summed E-state index contributed by atoms with van der Waals surface area (Å²) < 4.78 is 0. The molecule has 1 aromatic rings. The van der Waals surface area contributed by atoms with Gasteiger partial charge in [-0.2, -0.15) is 0 Å². The lowest BCUT2D eigenvalue weighted by Crippen LogP contribution is -2.43. The van der Waals surface area contributed by atoms with Gasteiger partial charge >= 0.3 is 0 Å². The number of amides is 1. The summed E-state index contributed by atoms with van der Waals surface area (Å²) in [6, 6.07) is 7.27. The van der Waals surface area contributed by atoms with Gasteiger partial charge in [-0.15, -0.1) is 0 Å². The fraction of sp³-hybridized carbons (Fsp3) is 0.500. The molecule has 0 radical (unpaired) electrons. The third kappa shape index (κ3) is 3.03. The van der Waals surface area contributed by atoms with E-state index in [1.807, 2.05) is 24.3 Å². The lowest BCUT2D eigenvalue weighted by atomic mass is 9.77. The minimum Gasteiger partial charge on any atom is -0.348 e. The molecule has 3 nitrogen and oxygen atoms in total. The highest BCUT2D eigenvalue weighted by Crippen LogP contribution is 2.37. The number of hydrogen-bond donors (Lipinski definition) is 2. The van der Waals surface area contributed by atoms with Crippen LogP contribution in [0.1, 0.15) is 37.8 Å². The second-order valence-corrected chi connectivity index (χ2v) is 5.45. The molecule has 2 atom stereocenters. The van der Waals surface area contributed by atoms with E-state index in [0.717, 1.165) is 18.4 Å². The van der Waals surface area contributed by atoms with Gasteiger partial charge in [0.15, 0.2) is 0 Å². The van der Waals surface area contributed by atoms with Crippen LogP contribution in [0.2, 0.25) is 5.02 Å². The second kappa shape index (κ2) is 5.72. The molecule has 1 unspecified atom stereocenters. The SMILES string of the molecule is C[C@H](N)C(=O)NC(c1ccc(Cl)cc1)C1CCC1. The van der Waals surface area contributed by atoms with E-state index in [-0.39, 0.29) is 11.9 Å². The van der Waals surface area contributed by atoms with Crippen molar-refractivity contribution in [1.82, 2.24) is 5.32 Å². The van der Waals surface area contributed by atoms with Crippen molar-refractivity contribution in [3.05, 3.63) is 34.9 Å². The summed E-state index contributed by atoms with van der Waals surface area (Å²) in [5.41, 5.74) is 6.72. The van der Waals surface area contributed by atoms with Crippen molar-refractivity contribution >= 4 is 17.5 Å². The predicted octanol–water partition coefficient (Wildman–Crippen LogP) is 2.64. The van der Waals surface area contributed by atoms with Gasteiger partial charge in [-0.05, 0) is 43.4 Å². The Bertz CT molecular complexity index is 412. The van der Waals surface area contributed by atoms with E-state index in [9.17, 15) is 4.79 Å². The topological polar surface area (TPSA) is 55.1 Å². The fourth-order valence-electron chi connectivity index (χ4n) is 2.20. The zero-order valence-electron chi connectivity index (χ0n) is 10.5. The first-order chi connectivity index (χ1) is 8.58. The predicted molar refractivity (Wildman–Crippen MR) is 73.3 cm³/mol. The number of hydrogen-bond acceptors (Lipinski definition) is 2. The van der Waals surface area contributed by atoms with E-state index >= 15 is 0 Å². The third-order valence-corrected chi connectivity index (χ3v) is 3.81. The van der Waals surface area contributed by atoms with Crippen molar-refractivity contribution < 1.29 is 4.79 Å². The number of nitrogens with one attached hydrogen (secondary N) is 1. The molecule has 4 heteroatoms. The van der Waals surface area contributed by atoms with E-state index in [1.165, 1.54) is 6.42 Å². The molecule has 1 aromatic carbocycles. The number of halogens is 1. The summed E-state index contributed by atoms with van der Waals surface area (Å²) in [4.78, 5) is 11.8. The molecule has 3 N–H and O–H groups in total. The van der Waals surface area contributed by atoms with Crippen LogP contribution in [-0.2, 0) is 4.79 Å². The monoisotopic (exact) mass is 266 g/mol. The number of benzene rings is 1. The standard InChI is InChI=1S/C14H19ClN2O/c1-9(16)14(18)17-13(10-3-2-4-10)11-5-7-12(15)8-6-11/h5-10,13H,2-4,16H2,1H3,(H,17,18)/t9-,13?/m0/s1. The number of carbonyl (C=O) groups is 1. The average Bonchev–Trinajstić information content (AvgIpc) is 2.26. The Morgan fingerprint density at radius 2 is 2.00 bits per heavy atom. The first-order valence-electron chi connectivity index (χ1n) is 6.39. The highest BCUT2D eigenvalue weighted by molar-refractivity contribution is 6.30. The van der Waals surface area contributed by atoms with Gasteiger partial charge in [0, 0.05) is 5.02 Å². The quantitative estimate of drug-likeness (QED) is 0.880. The van der Waals surface area contributed by atoms with Gasteiger partial charge in [0.1, 0.15) is 0 Å². The molecule has 0 saturated heterocycles. The van der Waals surface area contributed by atoms with Crippen LogP contribution in [0.3, 0.4) is 0 Å². The van der Waals surface area contributed by atoms with Crippen LogP contribution in [0.25, 0.3) is 0 Å². The minimum atomic E-state index is -0.472. The molecule has 0 aromatic heterocycles. The van der Waals surface area contributed by atoms with Crippen LogP contribution < -0.4 is 11.1 Å². The Morgan fingerprint density at radius 3 is 2.44 bits per heavy atom. The normalized spacial score (nSPS) is 18.8. The molecular weight excluding hydrogens is 248 g/mol. The van der Waals surface area contributed by atoms with Crippen molar-refractivity contribution in [2.45, 2.75) is 38.3 Å². The van der Waals surface area contributed by atoms with Crippen molar-refractivity contribution in [3.8, 4) is 0 Å². The van der Waals surface area contributed by atoms with Crippen LogP contribution in [0.4, 0.5) is 0 Å². The smallest absolute Gasteiger partial charge is 0.237 e. The lowest BCUT2D eigenvalue weighted by molar-refractivity contribution is -0.123. The van der Waals surface area contributed by atoms with Gasteiger partial charge < -0.3 is 11.1 Å². The van der Waals surface area contributed by atoms with Crippen LogP contribution in [0.5, 0.6) is 0 Å². The summed E-state index contributed by atoms with van der Waals surface area (Å²) in [6.45, 7) is 1.70. The van der Waals surface area contributed by atoms with Gasteiger partial charge in [0.25, 0.3) is 0 Å². The third-order valence-electron chi connectivity index (χ3n) is 3.56. The summed E-state index contributed by atoms with van der Waals surface area (Å²) in [6.07, 6.45) is 3.56. The van der Waals surface area contributed by atoms with Crippen LogP contribution >= 0.6 is 11.6 Å². The first kappa shape index (κ1) is 13.4. The lowest BCUT2D eigenvalue weighted by Gasteiger charge is -2.35. The fourth-order valence-corrected chi connectivity index (χ4v) is 2.33. The molecule has 1 fully saturated rings. The Hall–Kier alpha value is -1.06. The number of nitrogens with two attached hydrogens (primary N) is 1. The molecule has 1 aliphatic rings. The molecule has 18 heavy (non-hydrogen) atoms. The summed E-state index contributed by atoms with van der Waals surface area (Å²) in [7, 11) is 0. The molecule has 2 rings (SSSR count). The van der Waals surface area contributed by atoms with Crippen molar-refractivity contribution in [1.29, 1.82) is 0 Å². The zero-order chi connectivity index (χ0) is 13.1. The summed E-state index contributed by atoms with van der Waals surface area (Å²) in [5, 5.41) is 3.76. The molecule has 0 heterocycles. The highest BCUT2D eigenvalue weighted by Gasteiger charge is 2.30. The van der Waals surface area contributed by atoms with Gasteiger partial charge in [0.2, 0.25) is 5.91 Å². The highest BCUT2D eigenvalue weighted by atomic mass is 35.5. The van der Waals surface area contributed by atoms with Gasteiger partial charge in [-0.3, -0.25) is 4.79 Å². The van der Waals surface area contributed by atoms with E-state index in [4.69, 9.17) is 17.3 Å². The van der Waals surface area contributed by atoms with Crippen molar-refractivity contribution in [2.24, 2.45) is 11.7 Å². The number of carbonyl (C=O) groups excluding carboxylic acids is 1. The van der Waals surface area contributed by atoms with Gasteiger partial charge in [0.05, 0.1) is 12.1 Å². The molecule has 0 aliphatic heterocycles. The van der Waals surface area contributed by atoms with Crippen LogP contribution in [0, 0.1) is 5.92 Å². The molecular formula is C14H19ClN2O. The Morgan fingerprint density at radius 1 is 1.39 bits per heavy atom. The largest absolute Gasteiger partial charge is 0.348 e. The second-order valence-electron chi connectivity index (χ2n) is 5.02. The first-order valence-corrected chi connectivity index (χ1v) is 6.77. The Labute approximate surface area is 113 Å². The van der Waals surface area contributed by atoms with Gasteiger partial charge in [-0.1, -0.05) is 30.2 Å². The maximum absolute atomic E-state index is 11.8. The number of rotatable bonds is 4. The van der Waals surface area contributed by atoms with E-state index in [2.05, 4.69) is 5.32 Å². The molecule has 98 valence electrons. The Balaban J connectivity index is 2.14. The minimum absolute atomic E-state index is 0.0644. The summed E-state index contributed by atoms with van der Waals surface area (Å²) >= 11 is 5.89. The van der Waals surface area contributed by atoms with E-state index in [1.54, 1.807) is 6.92 Å². The van der Waals surface area contributed by atoms with E-state index in [0.29, 0.717) is 10.9 Å². The van der Waals surface area contributed by atoms with E-state index < -0.39 is 6.04 Å². The Kier molecular flexibility index (Phi) is 4.25. The van der Waals surface area contributed by atoms with Crippen LogP contribution in [0.15, 0.2) is 24.3 Å². The van der Waals surface area contributed by atoms with Crippen molar-refractivity contribution in [2.75, 3.05) is 0 Å². The molecule has 1 saturated carbocycles. The summed E-state index contributed by atoms with van der Waals surface area (Å²) in [5.74, 6) is 0.427. The average molecular weight is 267 g/mol. The molecule has 0 bridgehead atoms.